The van der Waals surface area contributed by atoms with E-state index in [1.807, 2.05) is 0 Å². The normalized spacial score (nSPS) is 32.6. The number of hydrogen-bond donors (Lipinski definition) is 2. The topological polar surface area (TPSA) is 61.4 Å². The summed E-state index contributed by atoms with van der Waals surface area (Å²) in [5, 5.41) is 3.29. The monoisotopic (exact) mass is 303 g/mol. The van der Waals surface area contributed by atoms with Crippen LogP contribution in [0.2, 0.25) is 0 Å². The van der Waals surface area contributed by atoms with Gasteiger partial charge in [0.05, 0.1) is 0 Å². The molecule has 118 valence electrons. The van der Waals surface area contributed by atoms with Crippen LogP contribution in [0.25, 0.3) is 0 Å². The number of nitrogens with one attached hydrogen (secondary N) is 2. The van der Waals surface area contributed by atoms with E-state index in [-0.39, 0.29) is 12.1 Å². The maximum Gasteiger partial charge on any atom is 0.280 e. The highest BCUT2D eigenvalue weighted by Gasteiger charge is 2.35. The average molecular weight is 303 g/mol. The molecular formula is C14H29N3O2S. The molecule has 2 aliphatic rings. The number of piperidine rings is 1. The Morgan fingerprint density at radius 2 is 1.95 bits per heavy atom. The third kappa shape index (κ3) is 3.93. The van der Waals surface area contributed by atoms with Crippen LogP contribution in [0.3, 0.4) is 0 Å². The van der Waals surface area contributed by atoms with Gasteiger partial charge in [0.15, 0.2) is 0 Å². The second kappa shape index (κ2) is 7.20. The van der Waals surface area contributed by atoms with Gasteiger partial charge in [-0.1, -0.05) is 26.7 Å². The van der Waals surface area contributed by atoms with Crippen LogP contribution in [0.5, 0.6) is 0 Å². The lowest BCUT2D eigenvalue weighted by Crippen LogP contribution is -2.54. The summed E-state index contributed by atoms with van der Waals surface area (Å²) in [5.74, 6) is 0.460. The summed E-state index contributed by atoms with van der Waals surface area (Å²) in [6.45, 7) is 6.51. The Hall–Kier alpha value is -0.170. The standard InChI is InChI=1S/C14H29N3O2S/c1-3-15-11-13-8-4-5-10-17(13)20(18,19)16-14-9-6-7-12(14)2/h12-16H,3-11H2,1-2H3. The van der Waals surface area contributed by atoms with Crippen molar-refractivity contribution in [2.24, 2.45) is 5.92 Å². The van der Waals surface area contributed by atoms with Gasteiger partial charge in [0.2, 0.25) is 0 Å². The molecule has 0 aromatic rings. The Bertz CT molecular complexity index is 399. The fourth-order valence-corrected chi connectivity index (χ4v) is 5.19. The molecule has 5 nitrogen and oxygen atoms in total. The molecule has 1 heterocycles. The van der Waals surface area contributed by atoms with Crippen molar-refractivity contribution >= 4 is 10.2 Å². The van der Waals surface area contributed by atoms with E-state index in [2.05, 4.69) is 23.9 Å². The van der Waals surface area contributed by atoms with Gasteiger partial charge < -0.3 is 5.32 Å². The number of rotatable bonds is 6. The van der Waals surface area contributed by atoms with E-state index in [0.717, 1.165) is 51.6 Å². The van der Waals surface area contributed by atoms with Gasteiger partial charge in [-0.25, -0.2) is 0 Å². The summed E-state index contributed by atoms with van der Waals surface area (Å²) in [4.78, 5) is 0. The van der Waals surface area contributed by atoms with Gasteiger partial charge in [0, 0.05) is 25.2 Å². The van der Waals surface area contributed by atoms with Crippen LogP contribution in [-0.4, -0.2) is 44.4 Å². The number of hydrogen-bond acceptors (Lipinski definition) is 3. The number of likely N-dealkylation sites (N-methyl/N-ethyl adjacent to an activating group) is 1. The Morgan fingerprint density at radius 3 is 2.60 bits per heavy atom. The maximum absolute atomic E-state index is 12.6. The predicted molar refractivity (Wildman–Crippen MR) is 81.7 cm³/mol. The highest BCUT2D eigenvalue weighted by atomic mass is 32.2. The molecule has 1 aliphatic carbocycles. The van der Waals surface area contributed by atoms with E-state index in [9.17, 15) is 8.42 Å². The Kier molecular flexibility index (Phi) is 5.84. The third-order valence-corrected chi connectivity index (χ3v) is 6.37. The van der Waals surface area contributed by atoms with E-state index < -0.39 is 10.2 Å². The first-order valence-electron chi connectivity index (χ1n) is 8.04. The van der Waals surface area contributed by atoms with Crippen LogP contribution in [-0.2, 0) is 10.2 Å². The minimum atomic E-state index is -3.34. The molecule has 1 saturated heterocycles. The van der Waals surface area contributed by atoms with E-state index in [4.69, 9.17) is 0 Å². The van der Waals surface area contributed by atoms with Crippen LogP contribution < -0.4 is 10.0 Å². The highest BCUT2D eigenvalue weighted by Crippen LogP contribution is 2.27. The molecule has 1 saturated carbocycles. The first-order valence-corrected chi connectivity index (χ1v) is 9.48. The largest absolute Gasteiger partial charge is 0.315 e. The molecule has 2 N–H and O–H groups in total. The molecule has 2 rings (SSSR count). The predicted octanol–water partition coefficient (Wildman–Crippen LogP) is 1.47. The zero-order chi connectivity index (χ0) is 14.6. The lowest BCUT2D eigenvalue weighted by Gasteiger charge is -2.36. The lowest BCUT2D eigenvalue weighted by molar-refractivity contribution is 0.241. The van der Waals surface area contributed by atoms with Crippen LogP contribution in [0, 0.1) is 5.92 Å². The first kappa shape index (κ1) is 16.2. The van der Waals surface area contributed by atoms with Crippen molar-refractivity contribution in [3.05, 3.63) is 0 Å². The van der Waals surface area contributed by atoms with Crippen LogP contribution in [0.4, 0.5) is 0 Å². The Morgan fingerprint density at radius 1 is 1.15 bits per heavy atom. The summed E-state index contributed by atoms with van der Waals surface area (Å²) >= 11 is 0. The molecule has 0 aromatic heterocycles. The molecule has 2 fully saturated rings. The van der Waals surface area contributed by atoms with Crippen LogP contribution >= 0.6 is 0 Å². The molecule has 0 bridgehead atoms. The zero-order valence-corrected chi connectivity index (χ0v) is 13.6. The van der Waals surface area contributed by atoms with Gasteiger partial charge in [-0.15, -0.1) is 0 Å². The molecule has 6 heteroatoms. The summed E-state index contributed by atoms with van der Waals surface area (Å²) in [7, 11) is -3.34. The molecule has 1 aliphatic heterocycles. The lowest BCUT2D eigenvalue weighted by atomic mass is 10.1. The van der Waals surface area contributed by atoms with Crippen LogP contribution in [0.15, 0.2) is 0 Å². The molecule has 0 amide bonds. The van der Waals surface area contributed by atoms with Gasteiger partial charge in [-0.3, -0.25) is 0 Å². The van der Waals surface area contributed by atoms with Crippen molar-refractivity contribution in [2.45, 2.75) is 64.5 Å². The number of nitrogens with zero attached hydrogens (tertiary/aromatic N) is 1. The van der Waals surface area contributed by atoms with E-state index >= 15 is 0 Å². The molecule has 20 heavy (non-hydrogen) atoms. The smallest absolute Gasteiger partial charge is 0.280 e. The van der Waals surface area contributed by atoms with Crippen molar-refractivity contribution in [1.82, 2.24) is 14.3 Å². The van der Waals surface area contributed by atoms with E-state index in [1.54, 1.807) is 4.31 Å². The van der Waals surface area contributed by atoms with Gasteiger partial charge in [-0.05, 0) is 38.1 Å². The summed E-state index contributed by atoms with van der Waals surface area (Å²) < 4.78 is 29.9. The molecule has 0 aromatic carbocycles. The Balaban J connectivity index is 2.01. The minimum absolute atomic E-state index is 0.109. The van der Waals surface area contributed by atoms with E-state index in [1.165, 1.54) is 0 Å². The average Bonchev–Trinajstić information content (AvgIpc) is 2.81. The van der Waals surface area contributed by atoms with Crippen molar-refractivity contribution < 1.29 is 8.42 Å². The van der Waals surface area contributed by atoms with Crippen molar-refractivity contribution in [3.8, 4) is 0 Å². The minimum Gasteiger partial charge on any atom is -0.315 e. The molecule has 3 atom stereocenters. The van der Waals surface area contributed by atoms with Crippen molar-refractivity contribution in [3.63, 3.8) is 0 Å². The maximum atomic E-state index is 12.6. The summed E-state index contributed by atoms with van der Waals surface area (Å²) in [5.41, 5.74) is 0. The zero-order valence-electron chi connectivity index (χ0n) is 12.8. The second-order valence-corrected chi connectivity index (χ2v) is 7.86. The van der Waals surface area contributed by atoms with Gasteiger partial charge in [-0.2, -0.15) is 17.4 Å². The molecule has 0 spiro atoms. The van der Waals surface area contributed by atoms with E-state index in [0.29, 0.717) is 12.5 Å². The highest BCUT2D eigenvalue weighted by molar-refractivity contribution is 7.87. The van der Waals surface area contributed by atoms with Crippen molar-refractivity contribution in [2.75, 3.05) is 19.6 Å². The van der Waals surface area contributed by atoms with Gasteiger partial charge in [0.25, 0.3) is 10.2 Å². The molecular weight excluding hydrogens is 274 g/mol. The Labute approximate surface area is 123 Å². The van der Waals surface area contributed by atoms with Crippen LogP contribution in [0.1, 0.15) is 52.4 Å². The fourth-order valence-electron chi connectivity index (χ4n) is 3.38. The second-order valence-electron chi connectivity index (χ2n) is 6.21. The van der Waals surface area contributed by atoms with Gasteiger partial charge >= 0.3 is 0 Å². The van der Waals surface area contributed by atoms with Gasteiger partial charge in [0.1, 0.15) is 0 Å². The third-order valence-electron chi connectivity index (χ3n) is 4.67. The molecule has 0 radical (unpaired) electrons. The molecule has 3 unspecified atom stereocenters. The summed E-state index contributed by atoms with van der Waals surface area (Å²) in [6.07, 6.45) is 6.31. The SMILES string of the molecule is CCNCC1CCCCN1S(=O)(=O)NC1CCCC1C. The first-order chi connectivity index (χ1) is 9.54. The summed E-state index contributed by atoms with van der Waals surface area (Å²) in [6, 6.07) is 0.236. The quantitative estimate of drug-likeness (QED) is 0.781. The van der Waals surface area contributed by atoms with Crippen molar-refractivity contribution in [1.29, 1.82) is 0 Å². The fraction of sp³-hybridized carbons (Fsp3) is 1.00.